The van der Waals surface area contributed by atoms with Crippen molar-refractivity contribution in [1.82, 2.24) is 10.1 Å². The van der Waals surface area contributed by atoms with Gasteiger partial charge in [0.1, 0.15) is 5.82 Å². The number of halogens is 2. The molecule has 15 heavy (non-hydrogen) atoms. The smallest absolute Gasteiger partial charge is 0.321 e. The molecule has 1 N–H and O–H groups in total. The minimum absolute atomic E-state index is 0.293. The van der Waals surface area contributed by atoms with Crippen LogP contribution in [-0.2, 0) is 0 Å². The molecule has 1 heterocycles. The fourth-order valence-electron chi connectivity index (χ4n) is 1.10. The molecule has 1 aromatic carbocycles. The molecule has 0 spiro atoms. The minimum Gasteiger partial charge on any atom is -0.341 e. The highest BCUT2D eigenvalue weighted by Crippen LogP contribution is 2.27. The van der Waals surface area contributed by atoms with Gasteiger partial charge < -0.3 is 9.84 Å². The van der Waals surface area contributed by atoms with E-state index in [9.17, 15) is 4.39 Å². The molecule has 0 radical (unpaired) electrons. The van der Waals surface area contributed by atoms with Gasteiger partial charge in [0.15, 0.2) is 0 Å². The average Bonchev–Trinajstić information content (AvgIpc) is 2.70. The van der Waals surface area contributed by atoms with Gasteiger partial charge in [-0.25, -0.2) is 4.39 Å². The quantitative estimate of drug-likeness (QED) is 0.913. The van der Waals surface area contributed by atoms with Gasteiger partial charge in [0, 0.05) is 17.1 Å². The Morgan fingerprint density at radius 3 is 2.93 bits per heavy atom. The van der Waals surface area contributed by atoms with Crippen molar-refractivity contribution >= 4 is 21.9 Å². The van der Waals surface area contributed by atoms with Crippen molar-refractivity contribution in [1.29, 1.82) is 0 Å². The van der Waals surface area contributed by atoms with Crippen LogP contribution in [0.5, 0.6) is 0 Å². The first-order valence-electron chi connectivity index (χ1n) is 4.17. The summed E-state index contributed by atoms with van der Waals surface area (Å²) in [6.45, 7) is 0. The summed E-state index contributed by atoms with van der Waals surface area (Å²) in [7, 11) is 1.66. The van der Waals surface area contributed by atoms with Crippen LogP contribution in [0, 0.1) is 5.82 Å². The first kappa shape index (κ1) is 10.1. The van der Waals surface area contributed by atoms with Crippen LogP contribution in [0.3, 0.4) is 0 Å². The topological polar surface area (TPSA) is 51.0 Å². The highest BCUT2D eigenvalue weighted by atomic mass is 79.9. The molecule has 1 aromatic heterocycles. The number of hydrogen-bond donors (Lipinski definition) is 1. The van der Waals surface area contributed by atoms with E-state index in [-0.39, 0.29) is 5.82 Å². The number of aromatic nitrogens is 2. The Hall–Kier alpha value is -1.43. The van der Waals surface area contributed by atoms with Gasteiger partial charge >= 0.3 is 6.01 Å². The first-order chi connectivity index (χ1) is 7.20. The van der Waals surface area contributed by atoms with Crippen molar-refractivity contribution in [2.24, 2.45) is 0 Å². The van der Waals surface area contributed by atoms with Crippen LogP contribution in [0.4, 0.5) is 10.4 Å². The second kappa shape index (κ2) is 3.98. The summed E-state index contributed by atoms with van der Waals surface area (Å²) in [6.07, 6.45) is 0. The summed E-state index contributed by atoms with van der Waals surface area (Å²) >= 11 is 3.29. The molecule has 0 aliphatic carbocycles. The molecule has 0 saturated carbocycles. The number of nitrogens with zero attached hydrogens (tertiary/aromatic N) is 2. The van der Waals surface area contributed by atoms with Crippen LogP contribution >= 0.6 is 15.9 Å². The third-order valence-electron chi connectivity index (χ3n) is 1.81. The van der Waals surface area contributed by atoms with E-state index in [1.807, 2.05) is 0 Å². The van der Waals surface area contributed by atoms with E-state index < -0.39 is 0 Å². The van der Waals surface area contributed by atoms with Gasteiger partial charge in [-0.15, -0.1) is 0 Å². The van der Waals surface area contributed by atoms with Crippen molar-refractivity contribution < 1.29 is 8.91 Å². The van der Waals surface area contributed by atoms with E-state index in [4.69, 9.17) is 4.52 Å². The molecule has 2 rings (SSSR count). The Labute approximate surface area is 93.6 Å². The molecule has 2 aromatic rings. The van der Waals surface area contributed by atoms with Gasteiger partial charge in [-0.05, 0) is 18.2 Å². The zero-order chi connectivity index (χ0) is 10.8. The zero-order valence-corrected chi connectivity index (χ0v) is 9.38. The van der Waals surface area contributed by atoms with Crippen LogP contribution in [0.15, 0.2) is 27.2 Å². The molecular weight excluding hydrogens is 265 g/mol. The maximum Gasteiger partial charge on any atom is 0.321 e. The molecule has 4 nitrogen and oxygen atoms in total. The molecule has 0 aliphatic heterocycles. The van der Waals surface area contributed by atoms with E-state index >= 15 is 0 Å². The minimum atomic E-state index is -0.344. The van der Waals surface area contributed by atoms with E-state index in [2.05, 4.69) is 31.4 Å². The van der Waals surface area contributed by atoms with Gasteiger partial charge in [0.25, 0.3) is 0 Å². The van der Waals surface area contributed by atoms with Gasteiger partial charge in [0.05, 0.1) is 0 Å². The molecule has 0 atom stereocenters. The Balaban J connectivity index is 2.48. The van der Waals surface area contributed by atoms with Crippen LogP contribution in [0.2, 0.25) is 0 Å². The number of anilines is 1. The van der Waals surface area contributed by atoms with Gasteiger partial charge in [-0.2, -0.15) is 4.98 Å². The summed E-state index contributed by atoms with van der Waals surface area (Å²) in [4.78, 5) is 4.02. The van der Waals surface area contributed by atoms with E-state index in [1.54, 1.807) is 13.1 Å². The molecule has 0 saturated heterocycles. The van der Waals surface area contributed by atoms with Crippen molar-refractivity contribution in [3.63, 3.8) is 0 Å². The summed E-state index contributed by atoms with van der Waals surface area (Å²) in [5.41, 5.74) is 0.556. The lowest BCUT2D eigenvalue weighted by molar-refractivity contribution is 0.434. The number of hydrogen-bond acceptors (Lipinski definition) is 4. The van der Waals surface area contributed by atoms with Crippen molar-refractivity contribution in [3.05, 3.63) is 28.5 Å². The Bertz CT molecular complexity index is 486. The largest absolute Gasteiger partial charge is 0.341 e. The van der Waals surface area contributed by atoms with Gasteiger partial charge in [-0.1, -0.05) is 21.1 Å². The van der Waals surface area contributed by atoms with Crippen molar-refractivity contribution in [2.45, 2.75) is 0 Å². The first-order valence-corrected chi connectivity index (χ1v) is 4.97. The summed E-state index contributed by atoms with van der Waals surface area (Å²) < 4.78 is 18.6. The fourth-order valence-corrected chi connectivity index (χ4v) is 1.53. The molecule has 6 heteroatoms. The Morgan fingerprint density at radius 2 is 2.27 bits per heavy atom. The zero-order valence-electron chi connectivity index (χ0n) is 7.79. The highest BCUT2D eigenvalue weighted by molar-refractivity contribution is 9.10. The highest BCUT2D eigenvalue weighted by Gasteiger charge is 2.11. The van der Waals surface area contributed by atoms with Gasteiger partial charge in [-0.3, -0.25) is 0 Å². The second-order valence-corrected chi connectivity index (χ2v) is 3.65. The SMILES string of the molecule is CNc1nc(-c2cc(F)ccc2Br)no1. The molecule has 0 amide bonds. The molecule has 0 aliphatic rings. The Kier molecular flexibility index (Phi) is 2.68. The standard InChI is InChI=1S/C9H7BrFN3O/c1-12-9-13-8(14-15-9)6-4-5(11)2-3-7(6)10/h2-4H,1H3,(H,12,13,14). The number of rotatable bonds is 2. The van der Waals surface area contributed by atoms with E-state index in [0.717, 1.165) is 0 Å². The van der Waals surface area contributed by atoms with Crippen LogP contribution in [0.25, 0.3) is 11.4 Å². The normalized spacial score (nSPS) is 10.3. The molecule has 0 fully saturated rings. The molecule has 0 unspecified atom stereocenters. The maximum atomic E-state index is 13.0. The third kappa shape index (κ3) is 1.99. The van der Waals surface area contributed by atoms with Crippen molar-refractivity contribution in [3.8, 4) is 11.4 Å². The van der Waals surface area contributed by atoms with Crippen LogP contribution in [0.1, 0.15) is 0 Å². The Morgan fingerprint density at radius 1 is 1.47 bits per heavy atom. The summed E-state index contributed by atoms with van der Waals surface area (Å²) in [5.74, 6) is -0.00488. The van der Waals surface area contributed by atoms with E-state index in [1.165, 1.54) is 12.1 Å². The average molecular weight is 272 g/mol. The molecular formula is C9H7BrFN3O. The van der Waals surface area contributed by atoms with E-state index in [0.29, 0.717) is 21.9 Å². The lowest BCUT2D eigenvalue weighted by atomic mass is 10.2. The summed E-state index contributed by atoms with van der Waals surface area (Å²) in [6, 6.07) is 4.59. The maximum absolute atomic E-state index is 13.0. The monoisotopic (exact) mass is 271 g/mol. The fraction of sp³-hybridized carbons (Fsp3) is 0.111. The predicted octanol–water partition coefficient (Wildman–Crippen LogP) is 2.68. The van der Waals surface area contributed by atoms with Crippen LogP contribution < -0.4 is 5.32 Å². The third-order valence-corrected chi connectivity index (χ3v) is 2.50. The van der Waals surface area contributed by atoms with Gasteiger partial charge in [0.2, 0.25) is 5.82 Å². The van der Waals surface area contributed by atoms with Crippen molar-refractivity contribution in [2.75, 3.05) is 12.4 Å². The lowest BCUT2D eigenvalue weighted by Crippen LogP contribution is -1.88. The molecule has 78 valence electrons. The second-order valence-electron chi connectivity index (χ2n) is 2.80. The van der Waals surface area contributed by atoms with Crippen LogP contribution in [-0.4, -0.2) is 17.2 Å². The predicted molar refractivity (Wildman–Crippen MR) is 56.9 cm³/mol. The summed E-state index contributed by atoms with van der Waals surface area (Å²) in [5, 5.41) is 6.42. The molecule has 0 bridgehead atoms. The number of benzene rings is 1. The number of nitrogens with one attached hydrogen (secondary N) is 1. The lowest BCUT2D eigenvalue weighted by Gasteiger charge is -1.97.